The molecule has 5 nitrogen and oxygen atoms in total. The fourth-order valence-corrected chi connectivity index (χ4v) is 3.53. The Balaban J connectivity index is 1.70. The van der Waals surface area contributed by atoms with Crippen molar-refractivity contribution in [3.8, 4) is 0 Å². The third kappa shape index (κ3) is 5.27. The second kappa shape index (κ2) is 8.51. The molecule has 2 amide bonds. The molecule has 0 radical (unpaired) electrons. The first kappa shape index (κ1) is 17.3. The predicted octanol–water partition coefficient (Wildman–Crippen LogP) is 2.10. The van der Waals surface area contributed by atoms with Crippen molar-refractivity contribution in [3.63, 3.8) is 0 Å². The number of ether oxygens (including phenoxy) is 1. The van der Waals surface area contributed by atoms with E-state index in [-0.39, 0.29) is 17.9 Å². The maximum atomic E-state index is 12.3. The van der Waals surface area contributed by atoms with Crippen molar-refractivity contribution in [1.82, 2.24) is 10.2 Å². The van der Waals surface area contributed by atoms with Crippen molar-refractivity contribution < 1.29 is 14.3 Å². The fourth-order valence-electron chi connectivity index (χ4n) is 3.53. The van der Waals surface area contributed by atoms with E-state index in [1.165, 1.54) is 19.3 Å². The number of carbonyl (C=O) groups is 2. The minimum Gasteiger partial charge on any atom is -0.376 e. The van der Waals surface area contributed by atoms with Crippen LogP contribution in [0.2, 0.25) is 0 Å². The first-order valence-electron chi connectivity index (χ1n) is 8.72. The van der Waals surface area contributed by atoms with Crippen LogP contribution in [0.5, 0.6) is 0 Å². The van der Waals surface area contributed by atoms with Crippen LogP contribution in [0, 0.1) is 5.92 Å². The second-order valence-corrected chi connectivity index (χ2v) is 6.85. The van der Waals surface area contributed by atoms with Crippen molar-refractivity contribution in [3.05, 3.63) is 0 Å². The number of nitrogens with one attached hydrogen (secondary N) is 1. The minimum atomic E-state index is -0.456. The summed E-state index contributed by atoms with van der Waals surface area (Å²) in [6, 6.07) is -0.456. The molecule has 5 heteroatoms. The lowest BCUT2D eigenvalue weighted by atomic mass is 9.87. The lowest BCUT2D eigenvalue weighted by molar-refractivity contribution is -0.136. The molecular weight excluding hydrogens is 280 g/mol. The van der Waals surface area contributed by atoms with Gasteiger partial charge in [-0.1, -0.05) is 19.3 Å². The van der Waals surface area contributed by atoms with Gasteiger partial charge in [0.25, 0.3) is 0 Å². The maximum Gasteiger partial charge on any atom is 0.244 e. The molecule has 22 heavy (non-hydrogen) atoms. The summed E-state index contributed by atoms with van der Waals surface area (Å²) >= 11 is 0. The Kier molecular flexibility index (Phi) is 6.68. The van der Waals surface area contributed by atoms with Gasteiger partial charge in [0.15, 0.2) is 0 Å². The fraction of sp³-hybridized carbons (Fsp3) is 0.882. The van der Waals surface area contributed by atoms with Crippen molar-refractivity contribution in [2.24, 2.45) is 5.92 Å². The predicted molar refractivity (Wildman–Crippen MR) is 85.4 cm³/mol. The number of amides is 2. The summed E-state index contributed by atoms with van der Waals surface area (Å²) in [5.41, 5.74) is 0. The van der Waals surface area contributed by atoms with E-state index in [2.05, 4.69) is 5.32 Å². The van der Waals surface area contributed by atoms with E-state index in [9.17, 15) is 9.59 Å². The van der Waals surface area contributed by atoms with Crippen LogP contribution in [0.25, 0.3) is 0 Å². The molecule has 1 unspecified atom stereocenters. The standard InChI is InChI=1S/C17H30N2O3/c1-13(17(21)19(2)12-15-9-6-10-22-15)18-16(20)11-14-7-4-3-5-8-14/h13-15H,3-12H2,1-2H3,(H,18,20)/t13?,15-/m1/s1. The van der Waals surface area contributed by atoms with Gasteiger partial charge in [-0.15, -0.1) is 0 Å². The van der Waals surface area contributed by atoms with Gasteiger partial charge in [-0.2, -0.15) is 0 Å². The summed E-state index contributed by atoms with van der Waals surface area (Å²) in [5.74, 6) is 0.478. The molecule has 0 aromatic rings. The van der Waals surface area contributed by atoms with Crippen LogP contribution in [-0.2, 0) is 14.3 Å². The Labute approximate surface area is 133 Å². The zero-order valence-electron chi connectivity index (χ0n) is 14.0. The average Bonchev–Trinajstić information content (AvgIpc) is 3.00. The Morgan fingerprint density at radius 1 is 1.18 bits per heavy atom. The Hall–Kier alpha value is -1.10. The van der Waals surface area contributed by atoms with Gasteiger partial charge in [0.1, 0.15) is 6.04 Å². The topological polar surface area (TPSA) is 58.6 Å². The molecule has 2 aliphatic rings. The van der Waals surface area contributed by atoms with Gasteiger partial charge in [-0.05, 0) is 38.5 Å². The zero-order valence-corrected chi connectivity index (χ0v) is 14.0. The van der Waals surface area contributed by atoms with Gasteiger partial charge in [-0.3, -0.25) is 9.59 Å². The van der Waals surface area contributed by atoms with Crippen molar-refractivity contribution in [1.29, 1.82) is 0 Å². The number of likely N-dealkylation sites (N-methyl/N-ethyl adjacent to an activating group) is 1. The highest BCUT2D eigenvalue weighted by molar-refractivity contribution is 5.87. The Morgan fingerprint density at radius 3 is 2.55 bits per heavy atom. The number of nitrogens with zero attached hydrogens (tertiary/aromatic N) is 1. The van der Waals surface area contributed by atoms with E-state index in [0.717, 1.165) is 32.3 Å². The molecule has 0 spiro atoms. The maximum absolute atomic E-state index is 12.3. The molecule has 2 atom stereocenters. The molecular formula is C17H30N2O3. The number of rotatable bonds is 6. The van der Waals surface area contributed by atoms with Crippen molar-refractivity contribution in [2.45, 2.75) is 70.4 Å². The normalized spacial score (nSPS) is 24.0. The minimum absolute atomic E-state index is 0.0123. The lowest BCUT2D eigenvalue weighted by Crippen LogP contribution is -2.47. The molecule has 0 aromatic heterocycles. The largest absolute Gasteiger partial charge is 0.376 e. The summed E-state index contributed by atoms with van der Waals surface area (Å²) < 4.78 is 5.55. The quantitative estimate of drug-likeness (QED) is 0.817. The molecule has 126 valence electrons. The van der Waals surface area contributed by atoms with E-state index >= 15 is 0 Å². The Morgan fingerprint density at radius 2 is 1.91 bits per heavy atom. The molecule has 0 bridgehead atoms. The van der Waals surface area contributed by atoms with Crippen LogP contribution in [0.15, 0.2) is 0 Å². The van der Waals surface area contributed by atoms with Gasteiger partial charge in [-0.25, -0.2) is 0 Å². The van der Waals surface area contributed by atoms with E-state index in [1.54, 1.807) is 18.9 Å². The van der Waals surface area contributed by atoms with Crippen LogP contribution in [0.4, 0.5) is 0 Å². The van der Waals surface area contributed by atoms with E-state index < -0.39 is 6.04 Å². The van der Waals surface area contributed by atoms with Gasteiger partial charge < -0.3 is 15.0 Å². The highest BCUT2D eigenvalue weighted by Crippen LogP contribution is 2.26. The number of carbonyl (C=O) groups excluding carboxylic acids is 2. The van der Waals surface area contributed by atoms with Crippen LogP contribution < -0.4 is 5.32 Å². The Bertz CT molecular complexity index is 374. The van der Waals surface area contributed by atoms with Crippen molar-refractivity contribution >= 4 is 11.8 Å². The molecule has 1 saturated heterocycles. The van der Waals surface area contributed by atoms with Crippen molar-refractivity contribution in [2.75, 3.05) is 20.2 Å². The highest BCUT2D eigenvalue weighted by Gasteiger charge is 2.25. The summed E-state index contributed by atoms with van der Waals surface area (Å²) in [6.07, 6.45) is 8.85. The molecule has 2 rings (SSSR count). The molecule has 1 heterocycles. The van der Waals surface area contributed by atoms with Gasteiger partial charge in [0, 0.05) is 26.6 Å². The average molecular weight is 310 g/mol. The van der Waals surface area contributed by atoms with E-state index in [4.69, 9.17) is 4.74 Å². The molecule has 0 aromatic carbocycles. The molecule has 1 N–H and O–H groups in total. The zero-order chi connectivity index (χ0) is 15.9. The lowest BCUT2D eigenvalue weighted by Gasteiger charge is -2.25. The molecule has 1 aliphatic carbocycles. The highest BCUT2D eigenvalue weighted by atomic mass is 16.5. The van der Waals surface area contributed by atoms with Crippen LogP contribution in [0.1, 0.15) is 58.3 Å². The van der Waals surface area contributed by atoms with Crippen LogP contribution in [-0.4, -0.2) is 49.1 Å². The van der Waals surface area contributed by atoms with E-state index in [0.29, 0.717) is 18.9 Å². The summed E-state index contributed by atoms with van der Waals surface area (Å²) in [5, 5.41) is 2.86. The van der Waals surface area contributed by atoms with Crippen LogP contribution in [0.3, 0.4) is 0 Å². The molecule has 1 aliphatic heterocycles. The SMILES string of the molecule is CC(NC(=O)CC1CCCCC1)C(=O)N(C)C[C@H]1CCCO1. The van der Waals surface area contributed by atoms with Gasteiger partial charge in [0.05, 0.1) is 6.10 Å². The first-order valence-corrected chi connectivity index (χ1v) is 8.72. The third-order valence-electron chi connectivity index (χ3n) is 4.82. The van der Waals surface area contributed by atoms with Crippen LogP contribution >= 0.6 is 0 Å². The van der Waals surface area contributed by atoms with E-state index in [1.807, 2.05) is 0 Å². The van der Waals surface area contributed by atoms with Gasteiger partial charge in [0.2, 0.25) is 11.8 Å². The second-order valence-electron chi connectivity index (χ2n) is 6.85. The smallest absolute Gasteiger partial charge is 0.244 e. The molecule has 1 saturated carbocycles. The summed E-state index contributed by atoms with van der Waals surface area (Å²) in [4.78, 5) is 26.1. The molecule has 2 fully saturated rings. The van der Waals surface area contributed by atoms with Gasteiger partial charge >= 0.3 is 0 Å². The monoisotopic (exact) mass is 310 g/mol. The first-order chi connectivity index (χ1) is 10.6. The summed E-state index contributed by atoms with van der Waals surface area (Å²) in [6.45, 7) is 3.18. The number of hydrogen-bond donors (Lipinski definition) is 1. The number of hydrogen-bond acceptors (Lipinski definition) is 3. The third-order valence-corrected chi connectivity index (χ3v) is 4.82. The summed E-state index contributed by atoms with van der Waals surface area (Å²) in [7, 11) is 1.79.